The van der Waals surface area contributed by atoms with Gasteiger partial charge in [-0.2, -0.15) is 0 Å². The Morgan fingerprint density at radius 1 is 1.19 bits per heavy atom. The number of likely N-dealkylation sites (tertiary alicyclic amines) is 1. The number of hydrogen-bond donors (Lipinski definition) is 1. The number of hydrogen-bond acceptors (Lipinski definition) is 3. The van der Waals surface area contributed by atoms with Gasteiger partial charge in [0.25, 0.3) is 0 Å². The summed E-state index contributed by atoms with van der Waals surface area (Å²) in [6, 6.07) is 7.08. The molecule has 1 aliphatic carbocycles. The summed E-state index contributed by atoms with van der Waals surface area (Å²) in [6.07, 6.45) is 2.18. The monoisotopic (exact) mass is 389 g/mol. The Balaban J connectivity index is 1.40. The Morgan fingerprint density at radius 2 is 1.92 bits per heavy atom. The highest BCUT2D eigenvalue weighted by molar-refractivity contribution is 7.72. The molecule has 2 fully saturated rings. The van der Waals surface area contributed by atoms with Gasteiger partial charge < -0.3 is 14.5 Å². The van der Waals surface area contributed by atoms with E-state index in [4.69, 9.17) is 24.4 Å². The molecule has 3 unspecified atom stereocenters. The molecule has 26 heavy (non-hydrogen) atoms. The average molecular weight is 390 g/mol. The lowest BCUT2D eigenvalue weighted by atomic mass is 9.64. The van der Waals surface area contributed by atoms with E-state index in [9.17, 15) is 4.39 Å². The largest absolute Gasteiger partial charge is 0.336 e. The van der Waals surface area contributed by atoms with Crippen LogP contribution in [0.4, 0.5) is 4.39 Å². The number of rotatable bonds is 4. The molecule has 1 aliphatic heterocycles. The smallest absolute Gasteiger partial charge is 0.178 e. The highest BCUT2D eigenvalue weighted by Gasteiger charge is 2.47. The molecular formula is C20H24FN3S2. The Kier molecular flexibility index (Phi) is 4.84. The minimum atomic E-state index is -0.150. The van der Waals surface area contributed by atoms with Gasteiger partial charge in [-0.05, 0) is 67.4 Å². The quantitative estimate of drug-likeness (QED) is 0.777. The summed E-state index contributed by atoms with van der Waals surface area (Å²) in [6.45, 7) is 5.38. The van der Waals surface area contributed by atoms with Crippen LogP contribution < -0.4 is 0 Å². The predicted molar refractivity (Wildman–Crippen MR) is 107 cm³/mol. The third kappa shape index (κ3) is 3.19. The molecule has 0 spiro atoms. The molecule has 4 rings (SSSR count). The third-order valence-electron chi connectivity index (χ3n) is 6.23. The van der Waals surface area contributed by atoms with Crippen molar-refractivity contribution < 1.29 is 4.39 Å². The molecule has 3 atom stereocenters. The van der Waals surface area contributed by atoms with Crippen molar-refractivity contribution >= 4 is 24.4 Å². The van der Waals surface area contributed by atoms with E-state index in [1.807, 2.05) is 23.7 Å². The number of benzene rings is 1. The minimum absolute atomic E-state index is 0.150. The Labute approximate surface area is 163 Å². The lowest BCUT2D eigenvalue weighted by Gasteiger charge is -2.40. The van der Waals surface area contributed by atoms with E-state index < -0.39 is 0 Å². The fourth-order valence-corrected chi connectivity index (χ4v) is 5.26. The molecule has 0 bridgehead atoms. The molecule has 138 valence electrons. The minimum Gasteiger partial charge on any atom is -0.336 e. The summed E-state index contributed by atoms with van der Waals surface area (Å²) in [4.78, 5) is 5.81. The molecule has 1 aromatic carbocycles. The average Bonchev–Trinajstić information content (AvgIpc) is 2.91. The van der Waals surface area contributed by atoms with E-state index in [1.165, 1.54) is 24.1 Å². The SMILES string of the molecule is Cc1[nH]c(=S)n(C)c(=S)c1CCN1CC2CC(c3ccc(F)cc3)C2C1. The topological polar surface area (TPSA) is 24.0 Å². The van der Waals surface area contributed by atoms with Crippen molar-refractivity contribution in [2.75, 3.05) is 19.6 Å². The molecule has 3 nitrogen and oxygen atoms in total. The molecule has 2 aliphatic rings. The predicted octanol–water partition coefficient (Wildman–Crippen LogP) is 4.54. The molecule has 2 aromatic rings. The van der Waals surface area contributed by atoms with Crippen LogP contribution in [0.1, 0.15) is 29.2 Å². The number of fused-ring (bicyclic) bond motifs is 1. The summed E-state index contributed by atoms with van der Waals surface area (Å²) < 4.78 is 16.6. The number of H-pyrrole nitrogens is 1. The molecule has 0 radical (unpaired) electrons. The van der Waals surface area contributed by atoms with Gasteiger partial charge in [0.2, 0.25) is 0 Å². The third-order valence-corrected chi connectivity index (χ3v) is 7.13. The first kappa shape index (κ1) is 18.0. The fraction of sp³-hybridized carbons (Fsp3) is 0.500. The van der Waals surface area contributed by atoms with Gasteiger partial charge in [-0.3, -0.25) is 0 Å². The number of halogens is 1. The van der Waals surface area contributed by atoms with Gasteiger partial charge in [-0.15, -0.1) is 0 Å². The normalized spacial score (nSPS) is 25.1. The zero-order chi connectivity index (χ0) is 18.4. The van der Waals surface area contributed by atoms with E-state index in [1.54, 1.807) is 12.1 Å². The Hall–Kier alpha value is -1.37. The van der Waals surface area contributed by atoms with Crippen molar-refractivity contribution in [3.63, 3.8) is 0 Å². The molecule has 0 amide bonds. The van der Waals surface area contributed by atoms with Crippen molar-refractivity contribution in [3.8, 4) is 0 Å². The lowest BCUT2D eigenvalue weighted by molar-refractivity contribution is 0.191. The van der Waals surface area contributed by atoms with Crippen LogP contribution in [0.5, 0.6) is 0 Å². The number of nitrogens with zero attached hydrogens (tertiary/aromatic N) is 2. The van der Waals surface area contributed by atoms with Crippen LogP contribution in [0.25, 0.3) is 0 Å². The number of aromatic nitrogens is 2. The van der Waals surface area contributed by atoms with Crippen molar-refractivity contribution in [1.82, 2.24) is 14.5 Å². The van der Waals surface area contributed by atoms with E-state index >= 15 is 0 Å². The summed E-state index contributed by atoms with van der Waals surface area (Å²) in [5.41, 5.74) is 3.58. The van der Waals surface area contributed by atoms with Crippen LogP contribution in [0.15, 0.2) is 24.3 Å². The number of aryl methyl sites for hydroxylation is 1. The van der Waals surface area contributed by atoms with E-state index in [-0.39, 0.29) is 5.82 Å². The molecule has 1 saturated carbocycles. The van der Waals surface area contributed by atoms with Crippen LogP contribution in [0.2, 0.25) is 0 Å². The standard InChI is InChI=1S/C20H24FN3S2/c1-12-16(19(25)23(2)20(26)22-12)7-8-24-10-14-9-17(18(14)11-24)13-3-5-15(21)6-4-13/h3-6,14,17-18H,7-11H2,1-2H3,(H,22,26). The second kappa shape index (κ2) is 6.98. The van der Waals surface area contributed by atoms with Gasteiger partial charge in [-0.25, -0.2) is 4.39 Å². The van der Waals surface area contributed by atoms with Crippen LogP contribution >= 0.6 is 24.4 Å². The van der Waals surface area contributed by atoms with Crippen molar-refractivity contribution in [1.29, 1.82) is 0 Å². The summed E-state index contributed by atoms with van der Waals surface area (Å²) >= 11 is 10.9. The van der Waals surface area contributed by atoms with Crippen molar-refractivity contribution in [2.45, 2.75) is 25.7 Å². The number of aromatic amines is 1. The van der Waals surface area contributed by atoms with Crippen LogP contribution in [-0.4, -0.2) is 34.1 Å². The first-order valence-electron chi connectivity index (χ1n) is 9.20. The molecule has 2 heterocycles. The summed E-state index contributed by atoms with van der Waals surface area (Å²) in [7, 11) is 1.92. The van der Waals surface area contributed by atoms with Gasteiger partial charge in [0.15, 0.2) is 4.77 Å². The first-order chi connectivity index (χ1) is 12.4. The van der Waals surface area contributed by atoms with Gasteiger partial charge in [0, 0.05) is 37.9 Å². The van der Waals surface area contributed by atoms with Gasteiger partial charge in [0.1, 0.15) is 10.5 Å². The zero-order valence-electron chi connectivity index (χ0n) is 15.2. The molecule has 1 N–H and O–H groups in total. The van der Waals surface area contributed by atoms with Crippen molar-refractivity contribution in [2.24, 2.45) is 18.9 Å². The Bertz CT molecular complexity index is 932. The fourth-order valence-electron chi connectivity index (χ4n) is 4.61. The highest BCUT2D eigenvalue weighted by atomic mass is 32.1. The van der Waals surface area contributed by atoms with Crippen LogP contribution in [-0.2, 0) is 13.5 Å². The van der Waals surface area contributed by atoms with Gasteiger partial charge in [-0.1, -0.05) is 24.4 Å². The van der Waals surface area contributed by atoms with Gasteiger partial charge >= 0.3 is 0 Å². The van der Waals surface area contributed by atoms with E-state index in [0.717, 1.165) is 35.8 Å². The van der Waals surface area contributed by atoms with Crippen molar-refractivity contribution in [3.05, 3.63) is 56.3 Å². The maximum atomic E-state index is 13.2. The second-order valence-electron chi connectivity index (χ2n) is 7.73. The summed E-state index contributed by atoms with van der Waals surface area (Å²) in [5.74, 6) is 1.93. The maximum Gasteiger partial charge on any atom is 0.178 e. The molecule has 1 aromatic heterocycles. The van der Waals surface area contributed by atoms with Crippen LogP contribution in [0, 0.1) is 34.0 Å². The Morgan fingerprint density at radius 3 is 2.65 bits per heavy atom. The molecule has 6 heteroatoms. The van der Waals surface area contributed by atoms with E-state index in [2.05, 4.69) is 16.8 Å². The van der Waals surface area contributed by atoms with E-state index in [0.29, 0.717) is 16.6 Å². The first-order valence-corrected chi connectivity index (χ1v) is 10.0. The lowest BCUT2D eigenvalue weighted by Crippen LogP contribution is -2.33. The zero-order valence-corrected chi connectivity index (χ0v) is 16.8. The maximum absolute atomic E-state index is 13.2. The number of nitrogens with one attached hydrogen (secondary N) is 1. The van der Waals surface area contributed by atoms with Crippen LogP contribution in [0.3, 0.4) is 0 Å². The molecule has 1 saturated heterocycles. The molecular weight excluding hydrogens is 365 g/mol. The highest BCUT2D eigenvalue weighted by Crippen LogP contribution is 2.51. The summed E-state index contributed by atoms with van der Waals surface area (Å²) in [5, 5.41) is 0. The second-order valence-corrected chi connectivity index (χ2v) is 8.50. The van der Waals surface area contributed by atoms with Gasteiger partial charge in [0.05, 0.1) is 0 Å².